The minimum Gasteiger partial charge on any atom is -0.304 e. The van der Waals surface area contributed by atoms with Crippen molar-refractivity contribution >= 4 is 32.5 Å². The van der Waals surface area contributed by atoms with Gasteiger partial charge in [0, 0.05) is 48.7 Å². The van der Waals surface area contributed by atoms with Gasteiger partial charge < -0.3 is 4.90 Å². The summed E-state index contributed by atoms with van der Waals surface area (Å²) in [4.78, 5) is 4.98. The lowest BCUT2D eigenvalue weighted by Crippen LogP contribution is -2.43. The summed E-state index contributed by atoms with van der Waals surface area (Å²) < 4.78 is 29.7. The molecule has 0 saturated carbocycles. The molecule has 0 atom stereocenters. The number of hydrogen-bond acceptors (Lipinski definition) is 4. The highest BCUT2D eigenvalue weighted by molar-refractivity contribution is 7.90. The monoisotopic (exact) mass is 493 g/mol. The molecule has 4 aromatic rings. The number of hydrogen-bond donors (Lipinski definition) is 0. The van der Waals surface area contributed by atoms with Crippen molar-refractivity contribution in [3.05, 3.63) is 88.9 Å². The number of rotatable bonds is 5. The van der Waals surface area contributed by atoms with Gasteiger partial charge in [-0.25, -0.2) is 12.4 Å². The largest absolute Gasteiger partial charge is 0.304 e. The van der Waals surface area contributed by atoms with Crippen LogP contribution < -0.4 is 0 Å². The molecule has 0 bridgehead atoms. The Morgan fingerprint density at radius 1 is 0.882 bits per heavy atom. The van der Waals surface area contributed by atoms with Crippen molar-refractivity contribution in [1.82, 2.24) is 13.8 Å². The Labute approximate surface area is 206 Å². The summed E-state index contributed by atoms with van der Waals surface area (Å²) in [5.41, 5.74) is 4.23. The van der Waals surface area contributed by atoms with E-state index in [-0.39, 0.29) is 4.90 Å². The van der Waals surface area contributed by atoms with Gasteiger partial charge >= 0.3 is 0 Å². The first-order valence-electron chi connectivity index (χ1n) is 11.5. The van der Waals surface area contributed by atoms with E-state index in [9.17, 15) is 8.42 Å². The molecule has 1 aromatic heterocycles. The van der Waals surface area contributed by atoms with Gasteiger partial charge in [0.05, 0.1) is 16.1 Å². The predicted molar refractivity (Wildman–Crippen MR) is 139 cm³/mol. The van der Waals surface area contributed by atoms with E-state index in [1.807, 2.05) is 61.5 Å². The Morgan fingerprint density at radius 3 is 2.24 bits per heavy atom. The zero-order chi connectivity index (χ0) is 23.9. The van der Waals surface area contributed by atoms with Crippen molar-refractivity contribution in [2.45, 2.75) is 18.4 Å². The van der Waals surface area contributed by atoms with Gasteiger partial charge in [0.2, 0.25) is 0 Å². The Hall–Kier alpha value is -2.64. The van der Waals surface area contributed by atoms with Gasteiger partial charge in [0.15, 0.2) is 0 Å². The van der Waals surface area contributed by atoms with Crippen LogP contribution in [-0.2, 0) is 16.6 Å². The summed E-state index contributed by atoms with van der Waals surface area (Å²) in [6.45, 7) is 6.45. The van der Waals surface area contributed by atoms with Crippen LogP contribution in [0.5, 0.6) is 0 Å². The van der Waals surface area contributed by atoms with Crippen molar-refractivity contribution in [2.24, 2.45) is 0 Å². The molecule has 7 heteroatoms. The molecule has 5 nitrogen and oxygen atoms in total. The Bertz CT molecular complexity index is 1420. The van der Waals surface area contributed by atoms with Gasteiger partial charge in [-0.15, -0.1) is 0 Å². The summed E-state index contributed by atoms with van der Waals surface area (Å²) in [6, 6.07) is 22.3. The molecule has 3 aromatic carbocycles. The van der Waals surface area contributed by atoms with E-state index in [4.69, 9.17) is 11.6 Å². The maximum atomic E-state index is 14.1. The molecular weight excluding hydrogens is 466 g/mol. The molecule has 1 fully saturated rings. The van der Waals surface area contributed by atoms with Crippen LogP contribution in [0.25, 0.3) is 22.2 Å². The van der Waals surface area contributed by atoms with E-state index < -0.39 is 10.0 Å². The van der Waals surface area contributed by atoms with Crippen LogP contribution in [0.2, 0.25) is 5.02 Å². The Balaban J connectivity index is 1.78. The number of halogens is 1. The van der Waals surface area contributed by atoms with Crippen LogP contribution in [-0.4, -0.2) is 55.4 Å². The first kappa shape index (κ1) is 23.1. The molecule has 5 rings (SSSR count). The number of nitrogens with zero attached hydrogens (tertiary/aromatic N) is 3. The zero-order valence-electron chi connectivity index (χ0n) is 19.4. The van der Waals surface area contributed by atoms with Gasteiger partial charge in [0.25, 0.3) is 10.0 Å². The van der Waals surface area contributed by atoms with Crippen LogP contribution in [0.4, 0.5) is 0 Å². The third-order valence-electron chi connectivity index (χ3n) is 6.58. The fourth-order valence-corrected chi connectivity index (χ4v) is 6.38. The fraction of sp³-hybridized carbons (Fsp3) is 0.259. The fourth-order valence-electron chi connectivity index (χ4n) is 4.64. The molecule has 1 saturated heterocycles. The molecule has 0 aliphatic carbocycles. The predicted octanol–water partition coefficient (Wildman–Crippen LogP) is 5.25. The smallest absolute Gasteiger partial charge is 0.268 e. The second-order valence-electron chi connectivity index (χ2n) is 9.02. The molecule has 0 radical (unpaired) electrons. The van der Waals surface area contributed by atoms with E-state index in [0.717, 1.165) is 48.3 Å². The molecule has 0 N–H and O–H groups in total. The number of likely N-dealkylation sites (N-methyl/N-ethyl adjacent to an activating group) is 1. The SMILES string of the molecule is Cc1ccc(S(=O)(=O)n2c(-c3ccccc3)c(CN3CCN(C)CC3)c3cc(Cl)ccc32)cc1. The number of piperazine rings is 1. The molecule has 2 heterocycles. The van der Waals surface area contributed by atoms with Crippen molar-refractivity contribution < 1.29 is 8.42 Å². The maximum Gasteiger partial charge on any atom is 0.268 e. The number of aryl methyl sites for hydroxylation is 1. The molecular formula is C27H28ClN3O2S. The maximum absolute atomic E-state index is 14.1. The number of benzene rings is 3. The third kappa shape index (κ3) is 4.27. The Morgan fingerprint density at radius 2 is 1.56 bits per heavy atom. The highest BCUT2D eigenvalue weighted by Gasteiger charge is 2.29. The highest BCUT2D eigenvalue weighted by Crippen LogP contribution is 2.39. The van der Waals surface area contributed by atoms with Crippen LogP contribution in [0.15, 0.2) is 77.7 Å². The summed E-state index contributed by atoms with van der Waals surface area (Å²) in [7, 11) is -1.72. The molecule has 34 heavy (non-hydrogen) atoms. The van der Waals surface area contributed by atoms with E-state index in [0.29, 0.717) is 22.8 Å². The molecule has 1 aliphatic rings. The van der Waals surface area contributed by atoms with Gasteiger partial charge in [-0.05, 0) is 49.9 Å². The summed E-state index contributed by atoms with van der Waals surface area (Å²) in [6.07, 6.45) is 0. The molecule has 0 amide bonds. The number of fused-ring (bicyclic) bond motifs is 1. The normalized spacial score (nSPS) is 15.7. The second-order valence-corrected chi connectivity index (χ2v) is 11.2. The lowest BCUT2D eigenvalue weighted by atomic mass is 10.0. The van der Waals surface area contributed by atoms with Gasteiger partial charge in [-0.1, -0.05) is 59.6 Å². The minimum atomic E-state index is -3.86. The standard InChI is InChI=1S/C27H28ClN3O2S/c1-20-8-11-23(12-9-20)34(32,33)31-26-13-10-22(28)18-24(26)25(19-30-16-14-29(2)15-17-30)27(31)21-6-4-3-5-7-21/h3-13,18H,14-17,19H2,1-2H3. The average molecular weight is 494 g/mol. The summed E-state index contributed by atoms with van der Waals surface area (Å²) in [5, 5.41) is 1.47. The van der Waals surface area contributed by atoms with E-state index in [1.165, 1.54) is 3.97 Å². The van der Waals surface area contributed by atoms with E-state index >= 15 is 0 Å². The lowest BCUT2D eigenvalue weighted by molar-refractivity contribution is 0.148. The zero-order valence-corrected chi connectivity index (χ0v) is 21.0. The topological polar surface area (TPSA) is 45.6 Å². The van der Waals surface area contributed by atoms with Crippen LogP contribution in [0, 0.1) is 6.92 Å². The molecule has 1 aliphatic heterocycles. The minimum absolute atomic E-state index is 0.272. The summed E-state index contributed by atoms with van der Waals surface area (Å²) in [5.74, 6) is 0. The first-order chi connectivity index (χ1) is 16.3. The van der Waals surface area contributed by atoms with Gasteiger partial charge in [-0.3, -0.25) is 4.90 Å². The van der Waals surface area contributed by atoms with Gasteiger partial charge in [0.1, 0.15) is 0 Å². The Kier molecular flexibility index (Phi) is 6.25. The van der Waals surface area contributed by atoms with E-state index in [2.05, 4.69) is 16.8 Å². The quantitative estimate of drug-likeness (QED) is 0.380. The summed E-state index contributed by atoms with van der Waals surface area (Å²) >= 11 is 6.43. The highest BCUT2D eigenvalue weighted by atomic mass is 35.5. The van der Waals surface area contributed by atoms with Crippen molar-refractivity contribution in [2.75, 3.05) is 33.2 Å². The molecule has 0 spiro atoms. The van der Waals surface area contributed by atoms with Crippen LogP contribution >= 0.6 is 11.6 Å². The molecule has 0 unspecified atom stereocenters. The third-order valence-corrected chi connectivity index (χ3v) is 8.54. The van der Waals surface area contributed by atoms with Gasteiger partial charge in [-0.2, -0.15) is 0 Å². The van der Waals surface area contributed by atoms with E-state index in [1.54, 1.807) is 18.2 Å². The van der Waals surface area contributed by atoms with Crippen LogP contribution in [0.3, 0.4) is 0 Å². The first-order valence-corrected chi connectivity index (χ1v) is 13.3. The van der Waals surface area contributed by atoms with Crippen molar-refractivity contribution in [3.8, 4) is 11.3 Å². The van der Waals surface area contributed by atoms with Crippen molar-refractivity contribution in [3.63, 3.8) is 0 Å². The van der Waals surface area contributed by atoms with Crippen molar-refractivity contribution in [1.29, 1.82) is 0 Å². The number of aromatic nitrogens is 1. The lowest BCUT2D eigenvalue weighted by Gasteiger charge is -2.32. The van der Waals surface area contributed by atoms with Crippen LogP contribution in [0.1, 0.15) is 11.1 Å². The average Bonchev–Trinajstić information content (AvgIpc) is 3.15. The second kappa shape index (κ2) is 9.19. The molecule has 176 valence electrons.